The first kappa shape index (κ1) is 9.57. The second-order valence-electron chi connectivity index (χ2n) is 2.06. The zero-order valence-corrected chi connectivity index (χ0v) is 7.95. The van der Waals surface area contributed by atoms with Crippen LogP contribution in [0.5, 0.6) is 0 Å². The molecule has 0 saturated heterocycles. The minimum atomic E-state index is -3.46. The Bertz CT molecular complexity index is 357. The smallest absolute Gasteiger partial charge is 0.273 e. The van der Waals surface area contributed by atoms with Crippen molar-refractivity contribution in [2.24, 2.45) is 0 Å². The Kier molecular flexibility index (Phi) is 2.76. The van der Waals surface area contributed by atoms with E-state index >= 15 is 0 Å². The lowest BCUT2D eigenvalue weighted by Crippen LogP contribution is -2.17. The van der Waals surface area contributed by atoms with Gasteiger partial charge in [0, 0.05) is 0 Å². The van der Waals surface area contributed by atoms with E-state index in [4.69, 9.17) is 16.0 Å². The van der Waals surface area contributed by atoms with E-state index in [9.17, 15) is 8.42 Å². The molecule has 0 amide bonds. The zero-order valence-electron chi connectivity index (χ0n) is 6.37. The molecule has 0 spiro atoms. The third-order valence-corrected chi connectivity index (χ3v) is 2.85. The zero-order chi connectivity index (χ0) is 9.19. The average Bonchev–Trinajstić information content (AvgIpc) is 2.52. The minimum absolute atomic E-state index is 0.111. The molecule has 1 aromatic heterocycles. The summed E-state index contributed by atoms with van der Waals surface area (Å²) in [6, 6.07) is 2.89. The van der Waals surface area contributed by atoms with Crippen LogP contribution in [0.15, 0.2) is 21.6 Å². The van der Waals surface area contributed by atoms with E-state index in [1.807, 2.05) is 0 Å². The highest BCUT2D eigenvalue weighted by atomic mass is 35.5. The van der Waals surface area contributed by atoms with E-state index in [1.165, 1.54) is 19.2 Å². The van der Waals surface area contributed by atoms with Crippen molar-refractivity contribution in [3.63, 3.8) is 0 Å². The fourth-order valence-corrected chi connectivity index (χ4v) is 1.48. The Morgan fingerprint density at radius 2 is 2.25 bits per heavy atom. The van der Waals surface area contributed by atoms with Crippen molar-refractivity contribution in [2.45, 2.75) is 11.0 Å². The largest absolute Gasteiger partial charge is 0.447 e. The van der Waals surface area contributed by atoms with Crippen LogP contribution in [0.3, 0.4) is 0 Å². The van der Waals surface area contributed by atoms with Gasteiger partial charge >= 0.3 is 0 Å². The van der Waals surface area contributed by atoms with Crippen molar-refractivity contribution >= 4 is 21.6 Å². The van der Waals surface area contributed by atoms with E-state index in [0.29, 0.717) is 5.76 Å². The first-order valence-electron chi connectivity index (χ1n) is 3.18. The fraction of sp³-hybridized carbons (Fsp3) is 0.333. The number of rotatable bonds is 3. The van der Waals surface area contributed by atoms with E-state index < -0.39 is 10.0 Å². The van der Waals surface area contributed by atoms with Gasteiger partial charge in [-0.25, -0.2) is 13.1 Å². The first-order valence-corrected chi connectivity index (χ1v) is 5.20. The van der Waals surface area contributed by atoms with Crippen LogP contribution in [0.1, 0.15) is 5.76 Å². The van der Waals surface area contributed by atoms with Crippen molar-refractivity contribution in [1.29, 1.82) is 0 Å². The molecule has 0 bridgehead atoms. The second-order valence-corrected chi connectivity index (χ2v) is 4.15. The van der Waals surface area contributed by atoms with E-state index in [2.05, 4.69) is 4.72 Å². The van der Waals surface area contributed by atoms with Gasteiger partial charge < -0.3 is 4.42 Å². The number of furan rings is 1. The van der Waals surface area contributed by atoms with Crippen LogP contribution in [0.2, 0.25) is 0 Å². The van der Waals surface area contributed by atoms with Gasteiger partial charge in [0.1, 0.15) is 5.76 Å². The van der Waals surface area contributed by atoms with Crippen molar-refractivity contribution in [3.05, 3.63) is 17.9 Å². The SMILES string of the molecule is CNS(=O)(=O)c1ccc(CCl)o1. The molecule has 0 saturated carbocycles. The van der Waals surface area contributed by atoms with Crippen LogP contribution in [0.4, 0.5) is 0 Å². The summed E-state index contributed by atoms with van der Waals surface area (Å²) in [4.78, 5) is 0. The van der Waals surface area contributed by atoms with E-state index in [1.54, 1.807) is 0 Å². The minimum Gasteiger partial charge on any atom is -0.447 e. The number of sulfonamides is 1. The number of alkyl halides is 1. The summed E-state index contributed by atoms with van der Waals surface area (Å²) in [6.45, 7) is 0. The maximum Gasteiger partial charge on any atom is 0.273 e. The molecular weight excluding hydrogens is 202 g/mol. The van der Waals surface area contributed by atoms with Crippen molar-refractivity contribution in [2.75, 3.05) is 7.05 Å². The van der Waals surface area contributed by atoms with Crippen LogP contribution >= 0.6 is 11.6 Å². The molecule has 4 nitrogen and oxygen atoms in total. The quantitative estimate of drug-likeness (QED) is 0.754. The average molecular weight is 210 g/mol. The van der Waals surface area contributed by atoms with Crippen LogP contribution in [-0.2, 0) is 15.9 Å². The van der Waals surface area contributed by atoms with Gasteiger partial charge in [0.15, 0.2) is 0 Å². The highest BCUT2D eigenvalue weighted by Gasteiger charge is 2.15. The number of hydrogen-bond acceptors (Lipinski definition) is 3. The standard InChI is InChI=1S/C6H8ClNO3S/c1-8-12(9,10)6-3-2-5(4-7)11-6/h2-3,8H,4H2,1H3. The number of halogens is 1. The molecule has 0 atom stereocenters. The molecular formula is C6H8ClNO3S. The summed E-state index contributed by atoms with van der Waals surface area (Å²) < 4.78 is 29.2. The molecule has 1 heterocycles. The molecule has 0 aliphatic heterocycles. The third kappa shape index (κ3) is 1.80. The summed E-state index contributed by atoms with van der Waals surface area (Å²) in [5.74, 6) is 0.602. The maximum absolute atomic E-state index is 11.1. The van der Waals surface area contributed by atoms with Gasteiger partial charge in [-0.2, -0.15) is 0 Å². The molecule has 1 rings (SSSR count). The normalized spacial score (nSPS) is 11.8. The summed E-state index contributed by atoms with van der Waals surface area (Å²) in [6.07, 6.45) is 0. The maximum atomic E-state index is 11.1. The van der Waals surface area contributed by atoms with E-state index in [-0.39, 0.29) is 11.0 Å². The Morgan fingerprint density at radius 3 is 2.67 bits per heavy atom. The lowest BCUT2D eigenvalue weighted by molar-refractivity contribution is 0.423. The van der Waals surface area contributed by atoms with Gasteiger partial charge in [-0.15, -0.1) is 11.6 Å². The molecule has 1 aromatic rings. The highest BCUT2D eigenvalue weighted by Crippen LogP contribution is 2.14. The molecule has 0 aromatic carbocycles. The Labute approximate surface area is 75.6 Å². The monoisotopic (exact) mass is 209 g/mol. The van der Waals surface area contributed by atoms with Gasteiger partial charge in [0.25, 0.3) is 10.0 Å². The Balaban J connectivity index is 3.05. The Morgan fingerprint density at radius 1 is 1.58 bits per heavy atom. The second kappa shape index (κ2) is 3.47. The van der Waals surface area contributed by atoms with Gasteiger partial charge in [0.05, 0.1) is 5.88 Å². The summed E-state index contributed by atoms with van der Waals surface area (Å²) >= 11 is 5.42. The molecule has 0 aliphatic carbocycles. The molecule has 68 valence electrons. The summed E-state index contributed by atoms with van der Waals surface area (Å²) in [5, 5.41) is -0.111. The van der Waals surface area contributed by atoms with Crippen LogP contribution < -0.4 is 4.72 Å². The van der Waals surface area contributed by atoms with Gasteiger partial charge in [-0.1, -0.05) is 0 Å². The molecule has 0 aliphatic rings. The molecule has 12 heavy (non-hydrogen) atoms. The molecule has 6 heteroatoms. The Hall–Kier alpha value is -0.520. The van der Waals surface area contributed by atoms with Gasteiger partial charge in [-0.05, 0) is 19.2 Å². The van der Waals surface area contributed by atoms with Crippen LogP contribution in [0, 0.1) is 0 Å². The summed E-state index contributed by atoms with van der Waals surface area (Å²) in [5.41, 5.74) is 0. The molecule has 0 radical (unpaired) electrons. The van der Waals surface area contributed by atoms with E-state index in [0.717, 1.165) is 0 Å². The van der Waals surface area contributed by atoms with Crippen LogP contribution in [-0.4, -0.2) is 15.5 Å². The molecule has 0 unspecified atom stereocenters. The van der Waals surface area contributed by atoms with Gasteiger partial charge in [0.2, 0.25) is 5.09 Å². The third-order valence-electron chi connectivity index (χ3n) is 1.30. The number of hydrogen-bond donors (Lipinski definition) is 1. The lowest BCUT2D eigenvalue weighted by Gasteiger charge is -1.95. The summed E-state index contributed by atoms with van der Waals surface area (Å²) in [7, 11) is -2.15. The predicted octanol–water partition coefficient (Wildman–Crippen LogP) is 0.926. The number of nitrogens with one attached hydrogen (secondary N) is 1. The van der Waals surface area contributed by atoms with Crippen molar-refractivity contribution in [1.82, 2.24) is 4.72 Å². The van der Waals surface area contributed by atoms with Gasteiger partial charge in [-0.3, -0.25) is 0 Å². The fourth-order valence-electron chi connectivity index (χ4n) is 0.675. The van der Waals surface area contributed by atoms with Crippen molar-refractivity contribution < 1.29 is 12.8 Å². The predicted molar refractivity (Wildman–Crippen MR) is 44.5 cm³/mol. The lowest BCUT2D eigenvalue weighted by atomic mass is 10.5. The van der Waals surface area contributed by atoms with Crippen molar-refractivity contribution in [3.8, 4) is 0 Å². The first-order chi connectivity index (χ1) is 5.60. The van der Waals surface area contributed by atoms with Crippen LogP contribution in [0.25, 0.3) is 0 Å². The topological polar surface area (TPSA) is 59.3 Å². The molecule has 1 N–H and O–H groups in total. The highest BCUT2D eigenvalue weighted by molar-refractivity contribution is 7.89. The molecule has 0 fully saturated rings.